The van der Waals surface area contributed by atoms with E-state index in [0.717, 1.165) is 17.5 Å². The van der Waals surface area contributed by atoms with Crippen LogP contribution in [0.4, 0.5) is 0 Å². The van der Waals surface area contributed by atoms with Gasteiger partial charge in [0.25, 0.3) is 5.91 Å². The second-order valence-electron chi connectivity index (χ2n) is 4.67. The van der Waals surface area contributed by atoms with E-state index in [0.29, 0.717) is 18.7 Å². The summed E-state index contributed by atoms with van der Waals surface area (Å²) in [6.45, 7) is 2.87. The van der Waals surface area contributed by atoms with Gasteiger partial charge >= 0.3 is 0 Å². The van der Waals surface area contributed by atoms with Crippen LogP contribution < -0.4 is 11.1 Å². The third-order valence-corrected chi connectivity index (χ3v) is 3.83. The number of aryl methyl sites for hydroxylation is 1. The molecular formula is C17H18N2OS. The zero-order valence-electron chi connectivity index (χ0n) is 12.0. The molecular weight excluding hydrogens is 280 g/mol. The van der Waals surface area contributed by atoms with Gasteiger partial charge in [0.15, 0.2) is 0 Å². The van der Waals surface area contributed by atoms with Crippen LogP contribution in [-0.2, 0) is 6.42 Å². The Labute approximate surface area is 129 Å². The van der Waals surface area contributed by atoms with Crippen LogP contribution in [0, 0.1) is 18.8 Å². The number of nitrogens with one attached hydrogen (secondary N) is 1. The van der Waals surface area contributed by atoms with Crippen molar-refractivity contribution in [3.8, 4) is 11.8 Å². The van der Waals surface area contributed by atoms with Crippen LogP contribution in [0.15, 0.2) is 35.0 Å². The van der Waals surface area contributed by atoms with Crippen molar-refractivity contribution >= 4 is 17.2 Å². The lowest BCUT2D eigenvalue weighted by molar-refractivity contribution is 0.0953. The van der Waals surface area contributed by atoms with Crippen molar-refractivity contribution in [1.29, 1.82) is 0 Å². The molecule has 0 fully saturated rings. The standard InChI is InChI=1S/C17H18N2OS/c1-13-4-5-14(3-2-8-18)11-16(13)17(20)19-9-6-15-7-10-21-12-15/h4-5,7,10-12H,6,8-9,18H2,1H3,(H,19,20). The minimum Gasteiger partial charge on any atom is -0.352 e. The van der Waals surface area contributed by atoms with E-state index in [9.17, 15) is 4.79 Å². The van der Waals surface area contributed by atoms with Crippen LogP contribution in [0.2, 0.25) is 0 Å². The molecule has 2 aromatic rings. The van der Waals surface area contributed by atoms with Gasteiger partial charge in [-0.25, -0.2) is 0 Å². The number of nitrogens with two attached hydrogens (primary N) is 1. The fourth-order valence-corrected chi connectivity index (χ4v) is 2.65. The summed E-state index contributed by atoms with van der Waals surface area (Å²) in [6.07, 6.45) is 0.848. The number of hydrogen-bond acceptors (Lipinski definition) is 3. The maximum atomic E-state index is 12.2. The first-order valence-corrected chi connectivity index (χ1v) is 7.74. The van der Waals surface area contributed by atoms with Gasteiger partial charge in [-0.1, -0.05) is 17.9 Å². The monoisotopic (exact) mass is 298 g/mol. The molecule has 3 N–H and O–H groups in total. The maximum absolute atomic E-state index is 12.2. The highest BCUT2D eigenvalue weighted by molar-refractivity contribution is 7.07. The quantitative estimate of drug-likeness (QED) is 0.851. The number of carbonyl (C=O) groups is 1. The predicted molar refractivity (Wildman–Crippen MR) is 87.5 cm³/mol. The molecule has 1 amide bonds. The minimum absolute atomic E-state index is 0.0564. The first-order chi connectivity index (χ1) is 10.2. The van der Waals surface area contributed by atoms with E-state index in [-0.39, 0.29) is 5.91 Å². The lowest BCUT2D eigenvalue weighted by Gasteiger charge is -2.08. The van der Waals surface area contributed by atoms with Crippen molar-refractivity contribution in [2.75, 3.05) is 13.1 Å². The number of hydrogen-bond donors (Lipinski definition) is 2. The van der Waals surface area contributed by atoms with E-state index in [2.05, 4.69) is 28.6 Å². The number of thiophene rings is 1. The SMILES string of the molecule is Cc1ccc(C#CCN)cc1C(=O)NCCc1ccsc1. The molecule has 3 nitrogen and oxygen atoms in total. The Morgan fingerprint density at radius 2 is 2.24 bits per heavy atom. The molecule has 4 heteroatoms. The topological polar surface area (TPSA) is 55.1 Å². The lowest BCUT2D eigenvalue weighted by Crippen LogP contribution is -2.26. The van der Waals surface area contributed by atoms with Gasteiger partial charge in [-0.05, 0) is 53.4 Å². The Morgan fingerprint density at radius 1 is 1.38 bits per heavy atom. The van der Waals surface area contributed by atoms with Crippen molar-refractivity contribution in [3.05, 3.63) is 57.3 Å². The van der Waals surface area contributed by atoms with Crippen molar-refractivity contribution in [2.45, 2.75) is 13.3 Å². The Kier molecular flexibility index (Phi) is 5.56. The van der Waals surface area contributed by atoms with Crippen LogP contribution in [0.1, 0.15) is 27.0 Å². The molecule has 2 rings (SSSR count). The van der Waals surface area contributed by atoms with Crippen LogP contribution in [0.25, 0.3) is 0 Å². The minimum atomic E-state index is -0.0564. The maximum Gasteiger partial charge on any atom is 0.251 e. The summed E-state index contributed by atoms with van der Waals surface area (Å²) in [5, 5.41) is 7.09. The van der Waals surface area contributed by atoms with Gasteiger partial charge in [0.1, 0.15) is 0 Å². The summed E-state index contributed by atoms with van der Waals surface area (Å²) in [6, 6.07) is 7.71. The third-order valence-electron chi connectivity index (χ3n) is 3.10. The summed E-state index contributed by atoms with van der Waals surface area (Å²) in [5.41, 5.74) is 9.04. The Hall–Kier alpha value is -2.09. The van der Waals surface area contributed by atoms with Gasteiger partial charge < -0.3 is 11.1 Å². The molecule has 0 atom stereocenters. The predicted octanol–water partition coefficient (Wildman–Crippen LogP) is 2.34. The summed E-state index contributed by atoms with van der Waals surface area (Å²) < 4.78 is 0. The van der Waals surface area contributed by atoms with Gasteiger partial charge in [0.05, 0.1) is 6.54 Å². The largest absolute Gasteiger partial charge is 0.352 e. The Balaban J connectivity index is 2.00. The zero-order valence-corrected chi connectivity index (χ0v) is 12.8. The van der Waals surface area contributed by atoms with E-state index < -0.39 is 0 Å². The molecule has 0 bridgehead atoms. The summed E-state index contributed by atoms with van der Waals surface area (Å²) in [7, 11) is 0. The van der Waals surface area contributed by atoms with Crippen molar-refractivity contribution < 1.29 is 4.79 Å². The molecule has 0 saturated carbocycles. The number of amides is 1. The lowest BCUT2D eigenvalue weighted by atomic mass is 10.0. The van der Waals surface area contributed by atoms with E-state index in [4.69, 9.17) is 5.73 Å². The number of carbonyl (C=O) groups excluding carboxylic acids is 1. The molecule has 0 unspecified atom stereocenters. The van der Waals surface area contributed by atoms with Crippen molar-refractivity contribution in [2.24, 2.45) is 5.73 Å². The summed E-state index contributed by atoms with van der Waals surface area (Å²) >= 11 is 1.67. The number of benzene rings is 1. The second kappa shape index (κ2) is 7.63. The molecule has 1 heterocycles. The zero-order chi connectivity index (χ0) is 15.1. The highest BCUT2D eigenvalue weighted by Gasteiger charge is 2.09. The first-order valence-electron chi connectivity index (χ1n) is 6.79. The van der Waals surface area contributed by atoms with Crippen LogP contribution in [0.5, 0.6) is 0 Å². The molecule has 0 saturated heterocycles. The summed E-state index contributed by atoms with van der Waals surface area (Å²) in [4.78, 5) is 12.2. The van der Waals surface area contributed by atoms with Crippen molar-refractivity contribution in [1.82, 2.24) is 5.32 Å². The van der Waals surface area contributed by atoms with Gasteiger partial charge in [-0.15, -0.1) is 0 Å². The highest BCUT2D eigenvalue weighted by atomic mass is 32.1. The highest BCUT2D eigenvalue weighted by Crippen LogP contribution is 2.11. The summed E-state index contributed by atoms with van der Waals surface area (Å²) in [5.74, 6) is 5.69. The molecule has 0 aliphatic carbocycles. The van der Waals surface area contributed by atoms with Crippen LogP contribution >= 0.6 is 11.3 Å². The van der Waals surface area contributed by atoms with E-state index in [1.165, 1.54) is 5.56 Å². The fourth-order valence-electron chi connectivity index (χ4n) is 1.95. The molecule has 0 aliphatic heterocycles. The molecule has 1 aromatic carbocycles. The van der Waals surface area contributed by atoms with E-state index in [1.807, 2.05) is 30.5 Å². The smallest absolute Gasteiger partial charge is 0.251 e. The van der Waals surface area contributed by atoms with Gasteiger partial charge in [-0.3, -0.25) is 4.79 Å². The van der Waals surface area contributed by atoms with Crippen LogP contribution in [0.3, 0.4) is 0 Å². The molecule has 0 aliphatic rings. The van der Waals surface area contributed by atoms with E-state index >= 15 is 0 Å². The average molecular weight is 298 g/mol. The van der Waals surface area contributed by atoms with Gasteiger partial charge in [-0.2, -0.15) is 11.3 Å². The number of rotatable bonds is 4. The normalized spacial score (nSPS) is 9.81. The third kappa shape index (κ3) is 4.45. The molecule has 0 spiro atoms. The molecule has 108 valence electrons. The Bertz CT molecular complexity index is 666. The second-order valence-corrected chi connectivity index (χ2v) is 5.45. The van der Waals surface area contributed by atoms with E-state index in [1.54, 1.807) is 11.3 Å². The Morgan fingerprint density at radius 3 is 2.95 bits per heavy atom. The van der Waals surface area contributed by atoms with Crippen molar-refractivity contribution in [3.63, 3.8) is 0 Å². The average Bonchev–Trinajstić information content (AvgIpc) is 2.99. The molecule has 0 radical (unpaired) electrons. The van der Waals surface area contributed by atoms with Crippen LogP contribution in [-0.4, -0.2) is 19.0 Å². The molecule has 1 aromatic heterocycles. The first kappa shape index (κ1) is 15.3. The fraction of sp³-hybridized carbons (Fsp3) is 0.235. The van der Waals surface area contributed by atoms with Gasteiger partial charge in [0.2, 0.25) is 0 Å². The van der Waals surface area contributed by atoms with Gasteiger partial charge in [0, 0.05) is 17.7 Å². The molecule has 21 heavy (non-hydrogen) atoms.